The Labute approximate surface area is 97.0 Å². The molecule has 0 amide bonds. The molecule has 0 aromatic heterocycles. The quantitative estimate of drug-likeness (QED) is 0.718. The van der Waals surface area contributed by atoms with Crippen LogP contribution in [-0.4, -0.2) is 6.54 Å². The van der Waals surface area contributed by atoms with E-state index in [9.17, 15) is 0 Å². The summed E-state index contributed by atoms with van der Waals surface area (Å²) in [4.78, 5) is 0. The highest BCUT2D eigenvalue weighted by Crippen LogP contribution is 2.37. The van der Waals surface area contributed by atoms with Crippen LogP contribution in [0.3, 0.4) is 0 Å². The third-order valence-corrected chi connectivity index (χ3v) is 3.42. The van der Waals surface area contributed by atoms with Crippen molar-refractivity contribution in [3.8, 4) is 0 Å². The first-order valence-corrected chi connectivity index (χ1v) is 5.87. The standard InChI is InChI=1S/C10H11ClIN/c1-6-2-3-13-10-8(6)4-7(12)5-9(10)11/h4-6,13H,2-3H2,1H3. The summed E-state index contributed by atoms with van der Waals surface area (Å²) in [5.74, 6) is 0.628. The predicted molar refractivity (Wildman–Crippen MR) is 65.7 cm³/mol. The van der Waals surface area contributed by atoms with E-state index in [0.717, 1.165) is 17.3 Å². The van der Waals surface area contributed by atoms with Gasteiger partial charge in [0.15, 0.2) is 0 Å². The van der Waals surface area contributed by atoms with Crippen molar-refractivity contribution < 1.29 is 0 Å². The summed E-state index contributed by atoms with van der Waals surface area (Å²) >= 11 is 8.45. The van der Waals surface area contributed by atoms with Gasteiger partial charge in [0.05, 0.1) is 10.7 Å². The van der Waals surface area contributed by atoms with Crippen LogP contribution in [0.5, 0.6) is 0 Å². The lowest BCUT2D eigenvalue weighted by Crippen LogP contribution is -2.15. The largest absolute Gasteiger partial charge is 0.384 e. The van der Waals surface area contributed by atoms with Gasteiger partial charge in [-0.15, -0.1) is 0 Å². The summed E-state index contributed by atoms with van der Waals surface area (Å²) in [6, 6.07) is 4.23. The van der Waals surface area contributed by atoms with Gasteiger partial charge in [-0.2, -0.15) is 0 Å². The molecule has 1 N–H and O–H groups in total. The van der Waals surface area contributed by atoms with E-state index < -0.39 is 0 Å². The zero-order valence-corrected chi connectivity index (χ0v) is 10.3. The number of benzene rings is 1. The molecule has 1 aliphatic heterocycles. The Morgan fingerprint density at radius 2 is 2.31 bits per heavy atom. The van der Waals surface area contributed by atoms with Gasteiger partial charge in [0, 0.05) is 10.1 Å². The summed E-state index contributed by atoms with van der Waals surface area (Å²) in [6.07, 6.45) is 1.20. The lowest BCUT2D eigenvalue weighted by Gasteiger charge is -2.25. The Balaban J connectivity index is 2.56. The minimum Gasteiger partial charge on any atom is -0.384 e. The molecule has 0 spiro atoms. The topological polar surface area (TPSA) is 12.0 Å². The molecule has 0 saturated heterocycles. The molecule has 0 radical (unpaired) electrons. The SMILES string of the molecule is CC1CCNc2c(Cl)cc(I)cc21. The second-order valence-electron chi connectivity index (χ2n) is 3.47. The van der Waals surface area contributed by atoms with Crippen LogP contribution in [0.15, 0.2) is 12.1 Å². The maximum atomic E-state index is 6.15. The van der Waals surface area contributed by atoms with Crippen LogP contribution in [-0.2, 0) is 0 Å². The van der Waals surface area contributed by atoms with Crippen LogP contribution in [0.1, 0.15) is 24.8 Å². The van der Waals surface area contributed by atoms with Crippen molar-refractivity contribution >= 4 is 39.9 Å². The summed E-state index contributed by atoms with van der Waals surface area (Å²) < 4.78 is 1.22. The Morgan fingerprint density at radius 1 is 1.54 bits per heavy atom. The van der Waals surface area contributed by atoms with Crippen molar-refractivity contribution in [2.75, 3.05) is 11.9 Å². The molecule has 2 rings (SSSR count). The van der Waals surface area contributed by atoms with Crippen LogP contribution in [0, 0.1) is 3.57 Å². The molecule has 1 unspecified atom stereocenters. The Kier molecular flexibility index (Phi) is 2.70. The van der Waals surface area contributed by atoms with Crippen molar-refractivity contribution in [2.45, 2.75) is 19.3 Å². The molecule has 13 heavy (non-hydrogen) atoms. The third-order valence-electron chi connectivity index (χ3n) is 2.50. The maximum Gasteiger partial charge on any atom is 0.0650 e. The Hall–Kier alpha value is 0.0400. The molecular weight excluding hydrogens is 296 g/mol. The van der Waals surface area contributed by atoms with E-state index in [2.05, 4.69) is 40.9 Å². The van der Waals surface area contributed by atoms with E-state index in [-0.39, 0.29) is 0 Å². The molecule has 1 heterocycles. The van der Waals surface area contributed by atoms with Gasteiger partial charge in [-0.3, -0.25) is 0 Å². The predicted octanol–water partition coefficient (Wildman–Crippen LogP) is 3.86. The summed E-state index contributed by atoms with van der Waals surface area (Å²) in [5, 5.41) is 4.21. The fraction of sp³-hybridized carbons (Fsp3) is 0.400. The molecule has 1 atom stereocenters. The van der Waals surface area contributed by atoms with Crippen molar-refractivity contribution in [3.05, 3.63) is 26.3 Å². The van der Waals surface area contributed by atoms with Crippen LogP contribution < -0.4 is 5.32 Å². The number of fused-ring (bicyclic) bond motifs is 1. The average molecular weight is 308 g/mol. The van der Waals surface area contributed by atoms with Gasteiger partial charge in [-0.25, -0.2) is 0 Å². The van der Waals surface area contributed by atoms with Gasteiger partial charge in [0.25, 0.3) is 0 Å². The molecule has 0 fully saturated rings. The zero-order valence-electron chi connectivity index (χ0n) is 7.40. The van der Waals surface area contributed by atoms with E-state index in [0.29, 0.717) is 5.92 Å². The van der Waals surface area contributed by atoms with Crippen molar-refractivity contribution in [3.63, 3.8) is 0 Å². The van der Waals surface area contributed by atoms with Gasteiger partial charge >= 0.3 is 0 Å². The Morgan fingerprint density at radius 3 is 3.08 bits per heavy atom. The summed E-state index contributed by atoms with van der Waals surface area (Å²) in [6.45, 7) is 3.29. The third kappa shape index (κ3) is 1.79. The van der Waals surface area contributed by atoms with E-state index in [1.807, 2.05) is 6.07 Å². The van der Waals surface area contributed by atoms with Gasteiger partial charge in [-0.1, -0.05) is 18.5 Å². The first-order valence-electron chi connectivity index (χ1n) is 4.41. The van der Waals surface area contributed by atoms with Crippen LogP contribution in [0.25, 0.3) is 0 Å². The lowest BCUT2D eigenvalue weighted by atomic mass is 9.93. The van der Waals surface area contributed by atoms with Crippen LogP contribution in [0.4, 0.5) is 5.69 Å². The normalized spacial score (nSPS) is 20.7. The average Bonchev–Trinajstić information content (AvgIpc) is 2.07. The molecule has 70 valence electrons. The van der Waals surface area contributed by atoms with Gasteiger partial charge in [0.1, 0.15) is 0 Å². The van der Waals surface area contributed by atoms with Crippen molar-refractivity contribution in [1.82, 2.24) is 0 Å². The Bertz CT molecular complexity index is 338. The highest BCUT2D eigenvalue weighted by Gasteiger charge is 2.18. The molecule has 1 aliphatic rings. The first-order chi connectivity index (χ1) is 6.18. The van der Waals surface area contributed by atoms with Gasteiger partial charge in [-0.05, 0) is 52.6 Å². The highest BCUT2D eigenvalue weighted by atomic mass is 127. The number of nitrogens with one attached hydrogen (secondary N) is 1. The van der Waals surface area contributed by atoms with E-state index >= 15 is 0 Å². The lowest BCUT2D eigenvalue weighted by molar-refractivity contribution is 0.683. The van der Waals surface area contributed by atoms with Crippen molar-refractivity contribution in [2.24, 2.45) is 0 Å². The fourth-order valence-corrected chi connectivity index (χ4v) is 2.86. The van der Waals surface area contributed by atoms with Gasteiger partial charge < -0.3 is 5.32 Å². The molecule has 0 bridgehead atoms. The summed E-state index contributed by atoms with van der Waals surface area (Å²) in [5.41, 5.74) is 2.50. The fourth-order valence-electron chi connectivity index (χ4n) is 1.74. The molecule has 0 saturated carbocycles. The van der Waals surface area contributed by atoms with Crippen molar-refractivity contribution in [1.29, 1.82) is 0 Å². The number of hydrogen-bond acceptors (Lipinski definition) is 1. The number of hydrogen-bond donors (Lipinski definition) is 1. The smallest absolute Gasteiger partial charge is 0.0650 e. The number of rotatable bonds is 0. The summed E-state index contributed by atoms with van der Waals surface area (Å²) in [7, 11) is 0. The second-order valence-corrected chi connectivity index (χ2v) is 5.12. The minimum atomic E-state index is 0.628. The maximum absolute atomic E-state index is 6.15. The number of halogens is 2. The monoisotopic (exact) mass is 307 g/mol. The zero-order chi connectivity index (χ0) is 9.42. The number of anilines is 1. The van der Waals surface area contributed by atoms with Crippen LogP contribution in [0.2, 0.25) is 5.02 Å². The van der Waals surface area contributed by atoms with E-state index in [1.165, 1.54) is 15.6 Å². The second kappa shape index (κ2) is 3.65. The van der Waals surface area contributed by atoms with Crippen LogP contribution >= 0.6 is 34.2 Å². The van der Waals surface area contributed by atoms with E-state index in [1.54, 1.807) is 0 Å². The molecule has 1 aromatic rings. The van der Waals surface area contributed by atoms with E-state index in [4.69, 9.17) is 11.6 Å². The first kappa shape index (κ1) is 9.59. The molecule has 1 aromatic carbocycles. The minimum absolute atomic E-state index is 0.628. The molecule has 1 nitrogen and oxygen atoms in total. The van der Waals surface area contributed by atoms with Gasteiger partial charge in [0.2, 0.25) is 0 Å². The molecule has 0 aliphatic carbocycles. The molecule has 3 heteroatoms. The molecular formula is C10H11ClIN. The highest BCUT2D eigenvalue weighted by molar-refractivity contribution is 14.1.